The zero-order valence-electron chi connectivity index (χ0n) is 11.1. The zero-order chi connectivity index (χ0) is 13.8. The third kappa shape index (κ3) is 3.36. The average molecular weight is 274 g/mol. The molecular weight excluding hydrogens is 258 g/mol. The van der Waals surface area contributed by atoms with Crippen LogP contribution < -0.4 is 0 Å². The lowest BCUT2D eigenvalue weighted by atomic mass is 9.95. The van der Waals surface area contributed by atoms with E-state index in [9.17, 15) is 0 Å². The second-order valence-corrected chi connectivity index (χ2v) is 5.21. The van der Waals surface area contributed by atoms with Gasteiger partial charge < -0.3 is 0 Å². The van der Waals surface area contributed by atoms with Crippen LogP contribution in [0, 0.1) is 17.2 Å². The third-order valence-electron chi connectivity index (χ3n) is 3.15. The number of hydrogen-bond acceptors (Lipinski definition) is 2. The van der Waals surface area contributed by atoms with Crippen LogP contribution in [0.15, 0.2) is 30.6 Å². The molecule has 0 saturated carbocycles. The quantitative estimate of drug-likeness (QED) is 0.849. The number of aryl methyl sites for hydroxylation is 2. The van der Waals surface area contributed by atoms with Crippen LogP contribution >= 0.6 is 11.6 Å². The number of benzene rings is 1. The summed E-state index contributed by atoms with van der Waals surface area (Å²) >= 11 is 6.08. The van der Waals surface area contributed by atoms with Crippen LogP contribution in [-0.2, 0) is 13.5 Å². The van der Waals surface area contributed by atoms with Gasteiger partial charge in [0.05, 0.1) is 12.3 Å². The van der Waals surface area contributed by atoms with E-state index in [0.717, 1.165) is 29.0 Å². The Morgan fingerprint density at radius 2 is 2.26 bits per heavy atom. The van der Waals surface area contributed by atoms with Crippen LogP contribution in [0.3, 0.4) is 0 Å². The van der Waals surface area contributed by atoms with E-state index >= 15 is 0 Å². The monoisotopic (exact) mass is 273 g/mol. The Morgan fingerprint density at radius 3 is 2.89 bits per heavy atom. The molecule has 0 radical (unpaired) electrons. The van der Waals surface area contributed by atoms with Crippen molar-refractivity contribution in [3.05, 3.63) is 41.2 Å². The lowest BCUT2D eigenvalue weighted by molar-refractivity contribution is 0.661. The summed E-state index contributed by atoms with van der Waals surface area (Å²) in [4.78, 5) is 0. The van der Waals surface area contributed by atoms with E-state index in [2.05, 4.69) is 11.2 Å². The second-order valence-electron chi connectivity index (χ2n) is 4.77. The van der Waals surface area contributed by atoms with Crippen LogP contribution in [0.2, 0.25) is 5.02 Å². The average Bonchev–Trinajstić information content (AvgIpc) is 2.83. The molecule has 1 aromatic carbocycles. The fraction of sp³-hybridized carbons (Fsp3) is 0.333. The van der Waals surface area contributed by atoms with E-state index < -0.39 is 0 Å². The molecule has 98 valence electrons. The molecule has 0 spiro atoms. The van der Waals surface area contributed by atoms with Crippen molar-refractivity contribution in [2.45, 2.75) is 19.8 Å². The maximum atomic E-state index is 8.86. The predicted molar refractivity (Wildman–Crippen MR) is 76.8 cm³/mol. The highest BCUT2D eigenvalue weighted by molar-refractivity contribution is 6.30. The Labute approximate surface area is 118 Å². The van der Waals surface area contributed by atoms with Crippen LogP contribution in [0.1, 0.15) is 18.9 Å². The largest absolute Gasteiger partial charge is 0.275 e. The first kappa shape index (κ1) is 13.6. The minimum Gasteiger partial charge on any atom is -0.275 e. The highest BCUT2D eigenvalue weighted by Crippen LogP contribution is 2.28. The molecule has 0 aliphatic rings. The van der Waals surface area contributed by atoms with Crippen molar-refractivity contribution in [1.82, 2.24) is 9.78 Å². The van der Waals surface area contributed by atoms with Gasteiger partial charge in [-0.3, -0.25) is 4.68 Å². The van der Waals surface area contributed by atoms with E-state index in [1.807, 2.05) is 44.6 Å². The first-order valence-electron chi connectivity index (χ1n) is 6.27. The fourth-order valence-corrected chi connectivity index (χ4v) is 2.20. The van der Waals surface area contributed by atoms with E-state index in [1.54, 1.807) is 4.68 Å². The lowest BCUT2D eigenvalue weighted by Crippen LogP contribution is -1.96. The summed E-state index contributed by atoms with van der Waals surface area (Å²) < 4.78 is 1.78. The summed E-state index contributed by atoms with van der Waals surface area (Å²) in [7, 11) is 1.89. The standard InChI is InChI=1S/C15H16ClN3/c1-11(8-17)3-4-12-5-6-14(16)7-15(12)13-9-18-19(2)10-13/h5-7,9-11H,3-4H2,1-2H3. The maximum Gasteiger partial charge on any atom is 0.0652 e. The molecule has 3 nitrogen and oxygen atoms in total. The number of nitriles is 1. The summed E-state index contributed by atoms with van der Waals surface area (Å²) in [5, 5.41) is 13.8. The third-order valence-corrected chi connectivity index (χ3v) is 3.39. The van der Waals surface area contributed by atoms with Crippen LogP contribution in [0.5, 0.6) is 0 Å². The summed E-state index contributed by atoms with van der Waals surface area (Å²) in [5.41, 5.74) is 3.37. The predicted octanol–water partition coefficient (Wildman–Crippen LogP) is 3.83. The van der Waals surface area contributed by atoms with Crippen molar-refractivity contribution < 1.29 is 0 Å². The minimum absolute atomic E-state index is 0.0671. The first-order valence-corrected chi connectivity index (χ1v) is 6.65. The molecule has 0 aliphatic heterocycles. The number of rotatable bonds is 4. The molecule has 0 aliphatic carbocycles. The molecular formula is C15H16ClN3. The Kier molecular flexibility index (Phi) is 4.24. The van der Waals surface area contributed by atoms with Crippen molar-refractivity contribution in [1.29, 1.82) is 5.26 Å². The number of aromatic nitrogens is 2. The molecule has 2 rings (SSSR count). The smallest absolute Gasteiger partial charge is 0.0652 e. The Morgan fingerprint density at radius 1 is 1.47 bits per heavy atom. The molecule has 0 saturated heterocycles. The van der Waals surface area contributed by atoms with Gasteiger partial charge in [0, 0.05) is 29.7 Å². The topological polar surface area (TPSA) is 41.6 Å². The maximum absolute atomic E-state index is 8.86. The molecule has 1 atom stereocenters. The number of nitrogens with zero attached hydrogens (tertiary/aromatic N) is 3. The molecule has 0 N–H and O–H groups in total. The number of halogens is 1. The fourth-order valence-electron chi connectivity index (χ4n) is 2.03. The van der Waals surface area contributed by atoms with E-state index in [-0.39, 0.29) is 5.92 Å². The summed E-state index contributed by atoms with van der Waals surface area (Å²) in [5.74, 6) is 0.0671. The molecule has 0 bridgehead atoms. The van der Waals surface area contributed by atoms with Gasteiger partial charge in [0.1, 0.15) is 0 Å². The second kappa shape index (κ2) is 5.90. The van der Waals surface area contributed by atoms with Crippen LogP contribution in [0.25, 0.3) is 11.1 Å². The van der Waals surface area contributed by atoms with Gasteiger partial charge >= 0.3 is 0 Å². The van der Waals surface area contributed by atoms with Crippen molar-refractivity contribution in [2.24, 2.45) is 13.0 Å². The van der Waals surface area contributed by atoms with Gasteiger partial charge in [-0.15, -0.1) is 0 Å². The van der Waals surface area contributed by atoms with Gasteiger partial charge in [-0.1, -0.05) is 17.7 Å². The van der Waals surface area contributed by atoms with Gasteiger partial charge in [-0.25, -0.2) is 0 Å². The van der Waals surface area contributed by atoms with Crippen molar-refractivity contribution >= 4 is 11.6 Å². The molecule has 0 amide bonds. The molecule has 0 fully saturated rings. The summed E-state index contributed by atoms with van der Waals surface area (Å²) in [6.07, 6.45) is 5.54. The summed E-state index contributed by atoms with van der Waals surface area (Å²) in [6.45, 7) is 1.94. The first-order chi connectivity index (χ1) is 9.10. The van der Waals surface area contributed by atoms with Crippen molar-refractivity contribution in [2.75, 3.05) is 0 Å². The molecule has 1 unspecified atom stereocenters. The Hall–Kier alpha value is -1.79. The molecule has 1 aromatic heterocycles. The van der Waals surface area contributed by atoms with E-state index in [0.29, 0.717) is 0 Å². The molecule has 4 heteroatoms. The van der Waals surface area contributed by atoms with Gasteiger partial charge in [0.2, 0.25) is 0 Å². The van der Waals surface area contributed by atoms with E-state index in [1.165, 1.54) is 5.56 Å². The van der Waals surface area contributed by atoms with Gasteiger partial charge in [-0.05, 0) is 43.0 Å². The highest BCUT2D eigenvalue weighted by atomic mass is 35.5. The molecule has 1 heterocycles. The van der Waals surface area contributed by atoms with Crippen LogP contribution in [-0.4, -0.2) is 9.78 Å². The Bertz CT molecular complexity index is 610. The number of hydrogen-bond donors (Lipinski definition) is 0. The molecule has 19 heavy (non-hydrogen) atoms. The van der Waals surface area contributed by atoms with E-state index in [4.69, 9.17) is 16.9 Å². The van der Waals surface area contributed by atoms with Gasteiger partial charge in [0.15, 0.2) is 0 Å². The van der Waals surface area contributed by atoms with Gasteiger partial charge in [-0.2, -0.15) is 10.4 Å². The summed E-state index contributed by atoms with van der Waals surface area (Å²) in [6, 6.07) is 8.16. The highest BCUT2D eigenvalue weighted by Gasteiger charge is 2.09. The SMILES string of the molecule is CC(C#N)CCc1ccc(Cl)cc1-c1cnn(C)c1. The Balaban J connectivity index is 2.31. The van der Waals surface area contributed by atoms with Gasteiger partial charge in [0.25, 0.3) is 0 Å². The van der Waals surface area contributed by atoms with Crippen molar-refractivity contribution in [3.8, 4) is 17.2 Å². The zero-order valence-corrected chi connectivity index (χ0v) is 11.9. The normalized spacial score (nSPS) is 12.1. The van der Waals surface area contributed by atoms with Crippen LogP contribution in [0.4, 0.5) is 0 Å². The molecule has 2 aromatic rings. The van der Waals surface area contributed by atoms with Crippen molar-refractivity contribution in [3.63, 3.8) is 0 Å². The minimum atomic E-state index is 0.0671. The lowest BCUT2D eigenvalue weighted by Gasteiger charge is -2.09.